The molecule has 3 N–H and O–H groups in total. The molecule has 0 atom stereocenters. The standard InChI is InChI=1S/C12H5F5N2O2/c13-6-5(7(14)9(16)10(17)8(6)15)11-3(18)1-2-4(19-11)12(20)21/h1-2H,18H2,(H,20,21). The number of rotatable bonds is 2. The predicted molar refractivity (Wildman–Crippen MR) is 60.8 cm³/mol. The molecule has 2 aromatic rings. The third-order valence-electron chi connectivity index (χ3n) is 2.59. The highest BCUT2D eigenvalue weighted by molar-refractivity contribution is 5.87. The topological polar surface area (TPSA) is 76.2 Å². The molecule has 0 saturated heterocycles. The Morgan fingerprint density at radius 2 is 1.43 bits per heavy atom. The van der Waals surface area contributed by atoms with Crippen LogP contribution in [0.25, 0.3) is 11.3 Å². The summed E-state index contributed by atoms with van der Waals surface area (Å²) in [5.74, 6) is -12.5. The number of nitrogens with two attached hydrogens (primary N) is 1. The summed E-state index contributed by atoms with van der Waals surface area (Å²) in [7, 11) is 0. The molecule has 0 fully saturated rings. The van der Waals surface area contributed by atoms with Gasteiger partial charge in [0.05, 0.1) is 11.3 Å². The van der Waals surface area contributed by atoms with Gasteiger partial charge in [0.1, 0.15) is 11.4 Å². The molecular formula is C12H5F5N2O2. The maximum absolute atomic E-state index is 13.6. The summed E-state index contributed by atoms with van der Waals surface area (Å²) >= 11 is 0. The molecule has 0 unspecified atom stereocenters. The molecule has 0 amide bonds. The minimum Gasteiger partial charge on any atom is -0.477 e. The number of carboxylic acids is 1. The molecule has 1 aromatic heterocycles. The molecule has 0 aliphatic heterocycles. The number of aromatic nitrogens is 1. The predicted octanol–water partition coefficient (Wildman–Crippen LogP) is 2.72. The first-order valence-electron chi connectivity index (χ1n) is 5.27. The van der Waals surface area contributed by atoms with Crippen LogP contribution in [-0.4, -0.2) is 16.1 Å². The second-order valence-electron chi connectivity index (χ2n) is 3.88. The summed E-state index contributed by atoms with van der Waals surface area (Å²) in [5.41, 5.74) is 2.04. The molecule has 0 radical (unpaired) electrons. The van der Waals surface area contributed by atoms with Crippen molar-refractivity contribution in [3.8, 4) is 11.3 Å². The molecule has 1 aromatic carbocycles. The fourth-order valence-electron chi connectivity index (χ4n) is 1.60. The number of pyridine rings is 1. The maximum Gasteiger partial charge on any atom is 0.354 e. The van der Waals surface area contributed by atoms with Crippen LogP contribution in [0.15, 0.2) is 12.1 Å². The van der Waals surface area contributed by atoms with Crippen LogP contribution in [0.4, 0.5) is 27.6 Å². The molecule has 0 saturated carbocycles. The minimum atomic E-state index is -2.33. The van der Waals surface area contributed by atoms with E-state index in [1.54, 1.807) is 0 Å². The first-order valence-corrected chi connectivity index (χ1v) is 5.27. The van der Waals surface area contributed by atoms with Gasteiger partial charge in [0, 0.05) is 0 Å². The summed E-state index contributed by atoms with van der Waals surface area (Å²) in [5, 5.41) is 8.74. The van der Waals surface area contributed by atoms with Crippen LogP contribution < -0.4 is 5.73 Å². The van der Waals surface area contributed by atoms with E-state index in [-0.39, 0.29) is 0 Å². The quantitative estimate of drug-likeness (QED) is 0.508. The van der Waals surface area contributed by atoms with E-state index >= 15 is 0 Å². The van der Waals surface area contributed by atoms with Crippen molar-refractivity contribution in [2.45, 2.75) is 0 Å². The highest BCUT2D eigenvalue weighted by atomic mass is 19.2. The van der Waals surface area contributed by atoms with Gasteiger partial charge in [0.25, 0.3) is 0 Å². The van der Waals surface area contributed by atoms with Crippen molar-refractivity contribution in [1.82, 2.24) is 4.98 Å². The molecule has 21 heavy (non-hydrogen) atoms. The van der Waals surface area contributed by atoms with Crippen molar-refractivity contribution < 1.29 is 31.9 Å². The Labute approximate surface area is 113 Å². The SMILES string of the molecule is Nc1ccc(C(=O)O)nc1-c1c(F)c(F)c(F)c(F)c1F. The summed E-state index contributed by atoms with van der Waals surface area (Å²) in [6.45, 7) is 0. The number of anilines is 1. The van der Waals surface area contributed by atoms with Gasteiger partial charge in [0.2, 0.25) is 5.82 Å². The second kappa shape index (κ2) is 5.00. The maximum atomic E-state index is 13.6. The zero-order valence-corrected chi connectivity index (χ0v) is 9.92. The van der Waals surface area contributed by atoms with Gasteiger partial charge in [-0.15, -0.1) is 0 Å². The van der Waals surface area contributed by atoms with Crippen LogP contribution in [0.5, 0.6) is 0 Å². The molecule has 4 nitrogen and oxygen atoms in total. The van der Waals surface area contributed by atoms with Gasteiger partial charge in [-0.2, -0.15) is 0 Å². The molecular weight excluding hydrogens is 299 g/mol. The van der Waals surface area contributed by atoms with E-state index in [0.29, 0.717) is 0 Å². The largest absolute Gasteiger partial charge is 0.477 e. The Hall–Kier alpha value is -2.71. The van der Waals surface area contributed by atoms with Gasteiger partial charge in [-0.05, 0) is 12.1 Å². The van der Waals surface area contributed by atoms with Gasteiger partial charge in [-0.1, -0.05) is 0 Å². The Morgan fingerprint density at radius 1 is 0.952 bits per heavy atom. The number of hydrogen-bond donors (Lipinski definition) is 2. The molecule has 1 heterocycles. The van der Waals surface area contributed by atoms with E-state index in [0.717, 1.165) is 12.1 Å². The van der Waals surface area contributed by atoms with E-state index in [2.05, 4.69) is 4.98 Å². The van der Waals surface area contributed by atoms with Crippen molar-refractivity contribution >= 4 is 11.7 Å². The van der Waals surface area contributed by atoms with Gasteiger partial charge >= 0.3 is 5.97 Å². The summed E-state index contributed by atoms with van der Waals surface area (Å²) in [6.07, 6.45) is 0. The number of nitrogen functional groups attached to an aromatic ring is 1. The Kier molecular flexibility index (Phi) is 3.50. The van der Waals surface area contributed by atoms with Crippen LogP contribution in [0, 0.1) is 29.1 Å². The number of carboxylic acid groups (broad SMARTS) is 1. The number of halogens is 5. The van der Waals surface area contributed by atoms with E-state index in [1.807, 2.05) is 0 Å². The lowest BCUT2D eigenvalue weighted by molar-refractivity contribution is 0.0690. The Balaban J connectivity index is 2.85. The van der Waals surface area contributed by atoms with Crippen LogP contribution in [0.3, 0.4) is 0 Å². The van der Waals surface area contributed by atoms with Crippen LogP contribution in [-0.2, 0) is 0 Å². The molecule has 110 valence electrons. The molecule has 0 bridgehead atoms. The van der Waals surface area contributed by atoms with Gasteiger partial charge < -0.3 is 10.8 Å². The average Bonchev–Trinajstić information content (AvgIpc) is 2.45. The van der Waals surface area contributed by atoms with Crippen molar-refractivity contribution in [2.24, 2.45) is 0 Å². The number of aromatic carboxylic acids is 1. The number of carbonyl (C=O) groups is 1. The number of nitrogens with zero attached hydrogens (tertiary/aromatic N) is 1. The van der Waals surface area contributed by atoms with Gasteiger partial charge in [0.15, 0.2) is 23.3 Å². The van der Waals surface area contributed by atoms with E-state index in [4.69, 9.17) is 10.8 Å². The lowest BCUT2D eigenvalue weighted by Gasteiger charge is -2.10. The Morgan fingerprint density at radius 3 is 1.90 bits per heavy atom. The smallest absolute Gasteiger partial charge is 0.354 e. The lowest BCUT2D eigenvalue weighted by atomic mass is 10.1. The van der Waals surface area contributed by atoms with Crippen molar-refractivity contribution in [2.75, 3.05) is 5.73 Å². The monoisotopic (exact) mass is 304 g/mol. The minimum absolute atomic E-state index is 0.441. The number of hydrogen-bond acceptors (Lipinski definition) is 3. The van der Waals surface area contributed by atoms with E-state index in [9.17, 15) is 26.7 Å². The molecule has 0 aliphatic carbocycles. The first-order chi connectivity index (χ1) is 9.75. The zero-order valence-electron chi connectivity index (χ0n) is 9.92. The molecule has 0 spiro atoms. The highest BCUT2D eigenvalue weighted by Crippen LogP contribution is 2.33. The Bertz CT molecular complexity index is 735. The van der Waals surface area contributed by atoms with Gasteiger partial charge in [-0.25, -0.2) is 31.7 Å². The average molecular weight is 304 g/mol. The van der Waals surface area contributed by atoms with E-state index < -0.39 is 57.7 Å². The van der Waals surface area contributed by atoms with Gasteiger partial charge in [-0.3, -0.25) is 0 Å². The summed E-state index contributed by atoms with van der Waals surface area (Å²) in [4.78, 5) is 14.1. The summed E-state index contributed by atoms with van der Waals surface area (Å²) in [6, 6.07) is 1.86. The van der Waals surface area contributed by atoms with Crippen LogP contribution >= 0.6 is 0 Å². The van der Waals surface area contributed by atoms with Crippen molar-refractivity contribution in [1.29, 1.82) is 0 Å². The third kappa shape index (κ3) is 2.26. The second-order valence-corrected chi connectivity index (χ2v) is 3.88. The first kappa shape index (κ1) is 14.7. The molecule has 0 aliphatic rings. The number of benzene rings is 1. The highest BCUT2D eigenvalue weighted by Gasteiger charge is 2.28. The summed E-state index contributed by atoms with van der Waals surface area (Å²) < 4.78 is 66.5. The molecule has 9 heteroatoms. The van der Waals surface area contributed by atoms with Crippen molar-refractivity contribution in [3.05, 3.63) is 46.9 Å². The fourth-order valence-corrected chi connectivity index (χ4v) is 1.60. The molecule has 2 rings (SSSR count). The fraction of sp³-hybridized carbons (Fsp3) is 0. The van der Waals surface area contributed by atoms with E-state index in [1.165, 1.54) is 0 Å². The normalized spacial score (nSPS) is 10.7. The van der Waals surface area contributed by atoms with Crippen molar-refractivity contribution in [3.63, 3.8) is 0 Å². The third-order valence-corrected chi connectivity index (χ3v) is 2.59. The zero-order chi connectivity index (χ0) is 15.9. The lowest BCUT2D eigenvalue weighted by Crippen LogP contribution is -2.09. The van der Waals surface area contributed by atoms with Crippen LogP contribution in [0.1, 0.15) is 10.5 Å². The van der Waals surface area contributed by atoms with Crippen LogP contribution in [0.2, 0.25) is 0 Å².